The molecule has 0 unspecified atom stereocenters. The lowest BCUT2D eigenvalue weighted by Gasteiger charge is -2.20. The van der Waals surface area contributed by atoms with Gasteiger partial charge in [-0.2, -0.15) is 0 Å². The SMILES string of the molecule is COCC(=O)N[C@H]1C[C@H]2C(=O)Nc3ccc(/C=C/C(=O)O)cc3C(=O)N2C1. The third kappa shape index (κ3) is 3.98. The van der Waals surface area contributed by atoms with E-state index >= 15 is 0 Å². The van der Waals surface area contributed by atoms with Crippen LogP contribution in [-0.4, -0.2) is 66.0 Å². The maximum atomic E-state index is 13.0. The van der Waals surface area contributed by atoms with E-state index in [0.29, 0.717) is 17.7 Å². The zero-order chi connectivity index (χ0) is 19.6. The topological polar surface area (TPSA) is 125 Å². The molecule has 0 aliphatic carbocycles. The van der Waals surface area contributed by atoms with Gasteiger partial charge in [0.05, 0.1) is 11.3 Å². The second-order valence-electron chi connectivity index (χ2n) is 6.37. The molecule has 3 N–H and O–H groups in total. The molecule has 9 heteroatoms. The average molecular weight is 373 g/mol. The van der Waals surface area contributed by atoms with Crippen molar-refractivity contribution in [2.75, 3.05) is 25.6 Å². The third-order valence-corrected chi connectivity index (χ3v) is 4.46. The van der Waals surface area contributed by atoms with Crippen molar-refractivity contribution in [3.63, 3.8) is 0 Å². The Balaban J connectivity index is 1.84. The van der Waals surface area contributed by atoms with Crippen molar-refractivity contribution in [1.82, 2.24) is 10.2 Å². The molecule has 2 heterocycles. The van der Waals surface area contributed by atoms with Gasteiger partial charge in [-0.15, -0.1) is 0 Å². The molecule has 2 aliphatic rings. The van der Waals surface area contributed by atoms with Gasteiger partial charge in [0.2, 0.25) is 11.8 Å². The number of rotatable bonds is 5. The molecule has 3 amide bonds. The number of carboxylic acids is 1. The first-order chi connectivity index (χ1) is 12.9. The Morgan fingerprint density at radius 1 is 1.41 bits per heavy atom. The molecule has 1 aromatic carbocycles. The van der Waals surface area contributed by atoms with E-state index in [1.165, 1.54) is 24.2 Å². The maximum absolute atomic E-state index is 13.0. The van der Waals surface area contributed by atoms with E-state index in [9.17, 15) is 19.2 Å². The van der Waals surface area contributed by atoms with Gasteiger partial charge in [0.1, 0.15) is 12.6 Å². The Bertz CT molecular complexity index is 834. The first kappa shape index (κ1) is 18.6. The van der Waals surface area contributed by atoms with E-state index < -0.39 is 12.0 Å². The van der Waals surface area contributed by atoms with Crippen molar-refractivity contribution in [3.8, 4) is 0 Å². The molecule has 9 nitrogen and oxygen atoms in total. The summed E-state index contributed by atoms with van der Waals surface area (Å²) in [6.07, 6.45) is 2.66. The Morgan fingerprint density at radius 3 is 2.89 bits per heavy atom. The number of benzene rings is 1. The van der Waals surface area contributed by atoms with E-state index in [-0.39, 0.29) is 42.5 Å². The van der Waals surface area contributed by atoms with Crippen molar-refractivity contribution in [2.45, 2.75) is 18.5 Å². The molecule has 0 radical (unpaired) electrons. The zero-order valence-corrected chi connectivity index (χ0v) is 14.6. The molecule has 1 saturated heterocycles. The summed E-state index contributed by atoms with van der Waals surface area (Å²) in [7, 11) is 1.41. The minimum absolute atomic E-state index is 0.0938. The fourth-order valence-corrected chi connectivity index (χ4v) is 3.30. The van der Waals surface area contributed by atoms with Crippen LogP contribution in [0.5, 0.6) is 0 Å². The molecule has 142 valence electrons. The van der Waals surface area contributed by atoms with Gasteiger partial charge in [0.25, 0.3) is 5.91 Å². The van der Waals surface area contributed by atoms with E-state index in [2.05, 4.69) is 10.6 Å². The zero-order valence-electron chi connectivity index (χ0n) is 14.6. The Hall–Kier alpha value is -3.20. The third-order valence-electron chi connectivity index (χ3n) is 4.46. The van der Waals surface area contributed by atoms with Gasteiger partial charge >= 0.3 is 5.97 Å². The van der Waals surface area contributed by atoms with Crippen LogP contribution in [0, 0.1) is 0 Å². The molecular weight excluding hydrogens is 354 g/mol. The van der Waals surface area contributed by atoms with Gasteiger partial charge < -0.3 is 25.4 Å². The maximum Gasteiger partial charge on any atom is 0.328 e. The Morgan fingerprint density at radius 2 is 2.19 bits per heavy atom. The van der Waals surface area contributed by atoms with Crippen LogP contribution in [-0.2, 0) is 19.1 Å². The van der Waals surface area contributed by atoms with Crippen molar-refractivity contribution >= 4 is 35.5 Å². The highest BCUT2D eigenvalue weighted by Crippen LogP contribution is 2.29. The molecule has 2 atom stereocenters. The van der Waals surface area contributed by atoms with Crippen LogP contribution in [0.25, 0.3) is 6.08 Å². The lowest BCUT2D eigenvalue weighted by molar-refractivity contribution is -0.131. The fourth-order valence-electron chi connectivity index (χ4n) is 3.30. The summed E-state index contributed by atoms with van der Waals surface area (Å²) in [5.74, 6) is -2.07. The number of hydrogen-bond acceptors (Lipinski definition) is 5. The number of anilines is 1. The summed E-state index contributed by atoms with van der Waals surface area (Å²) in [5.41, 5.74) is 1.19. The highest BCUT2D eigenvalue weighted by molar-refractivity contribution is 6.10. The summed E-state index contributed by atoms with van der Waals surface area (Å²) >= 11 is 0. The van der Waals surface area contributed by atoms with Crippen LogP contribution in [0.3, 0.4) is 0 Å². The smallest absolute Gasteiger partial charge is 0.328 e. The summed E-state index contributed by atoms with van der Waals surface area (Å²) in [6, 6.07) is 3.71. The van der Waals surface area contributed by atoms with Crippen molar-refractivity contribution in [1.29, 1.82) is 0 Å². The second-order valence-corrected chi connectivity index (χ2v) is 6.37. The first-order valence-electron chi connectivity index (χ1n) is 8.34. The molecular formula is C18H19N3O6. The molecule has 0 spiro atoms. The Kier molecular flexibility index (Phi) is 5.22. The van der Waals surface area contributed by atoms with Crippen molar-refractivity contribution < 1.29 is 29.0 Å². The van der Waals surface area contributed by atoms with Gasteiger partial charge in [-0.25, -0.2) is 4.79 Å². The van der Waals surface area contributed by atoms with E-state index in [1.54, 1.807) is 12.1 Å². The average Bonchev–Trinajstić information content (AvgIpc) is 3.00. The number of carbonyl (C=O) groups excluding carboxylic acids is 3. The van der Waals surface area contributed by atoms with Crippen LogP contribution in [0.4, 0.5) is 5.69 Å². The number of amides is 3. The molecule has 3 rings (SSSR count). The number of methoxy groups -OCH3 is 1. The van der Waals surface area contributed by atoms with Crippen LogP contribution in [0.1, 0.15) is 22.3 Å². The summed E-state index contributed by atoms with van der Waals surface area (Å²) < 4.78 is 4.77. The van der Waals surface area contributed by atoms with Crippen LogP contribution < -0.4 is 10.6 Å². The predicted molar refractivity (Wildman–Crippen MR) is 95.0 cm³/mol. The highest BCUT2D eigenvalue weighted by atomic mass is 16.5. The number of fused-ring (bicyclic) bond motifs is 2. The largest absolute Gasteiger partial charge is 0.478 e. The molecule has 1 fully saturated rings. The highest BCUT2D eigenvalue weighted by Gasteiger charge is 2.43. The van der Waals surface area contributed by atoms with Crippen LogP contribution in [0.15, 0.2) is 24.3 Å². The number of hydrogen-bond donors (Lipinski definition) is 3. The first-order valence-corrected chi connectivity index (χ1v) is 8.34. The number of ether oxygens (including phenoxy) is 1. The number of carboxylic acid groups (broad SMARTS) is 1. The number of carbonyl (C=O) groups is 4. The van der Waals surface area contributed by atoms with E-state index in [0.717, 1.165) is 6.08 Å². The molecule has 1 aromatic rings. The Labute approximate surface area is 155 Å². The van der Waals surface area contributed by atoms with Gasteiger partial charge in [0, 0.05) is 25.8 Å². The standard InChI is InChI=1S/C18H19N3O6/c1-27-9-15(22)19-11-7-14-17(25)20-13-4-2-10(3-5-16(23)24)6-12(13)18(26)21(14)8-11/h2-6,11,14H,7-9H2,1H3,(H,19,22)(H,20,25)(H,23,24)/b5-3+/t11-,14-/m0/s1. The summed E-state index contributed by atoms with van der Waals surface area (Å²) in [4.78, 5) is 49.3. The predicted octanol–water partition coefficient (Wildman–Crippen LogP) is 0.0822. The molecule has 0 bridgehead atoms. The summed E-state index contributed by atoms with van der Waals surface area (Å²) in [6.45, 7) is 0.115. The van der Waals surface area contributed by atoms with E-state index in [4.69, 9.17) is 9.84 Å². The number of nitrogens with zero attached hydrogens (tertiary/aromatic N) is 1. The quantitative estimate of drug-likeness (QED) is 0.628. The van der Waals surface area contributed by atoms with Crippen molar-refractivity contribution in [3.05, 3.63) is 35.4 Å². The van der Waals surface area contributed by atoms with Crippen LogP contribution in [0.2, 0.25) is 0 Å². The van der Waals surface area contributed by atoms with Crippen molar-refractivity contribution in [2.24, 2.45) is 0 Å². The number of nitrogens with one attached hydrogen (secondary N) is 2. The number of aliphatic carboxylic acids is 1. The lowest BCUT2D eigenvalue weighted by atomic mass is 10.1. The molecule has 27 heavy (non-hydrogen) atoms. The fraction of sp³-hybridized carbons (Fsp3) is 0.333. The molecule has 2 aliphatic heterocycles. The molecule has 0 aromatic heterocycles. The molecule has 0 saturated carbocycles. The monoisotopic (exact) mass is 373 g/mol. The van der Waals surface area contributed by atoms with Crippen LogP contribution >= 0.6 is 0 Å². The normalized spacial score (nSPS) is 21.4. The lowest BCUT2D eigenvalue weighted by Crippen LogP contribution is -2.41. The van der Waals surface area contributed by atoms with Gasteiger partial charge in [-0.05, 0) is 30.2 Å². The van der Waals surface area contributed by atoms with E-state index in [1.807, 2.05) is 0 Å². The summed E-state index contributed by atoms with van der Waals surface area (Å²) in [5, 5.41) is 14.2. The minimum atomic E-state index is -1.10. The minimum Gasteiger partial charge on any atom is -0.478 e. The van der Waals surface area contributed by atoms with Gasteiger partial charge in [0.15, 0.2) is 0 Å². The van der Waals surface area contributed by atoms with Gasteiger partial charge in [-0.1, -0.05) is 6.07 Å². The van der Waals surface area contributed by atoms with Gasteiger partial charge in [-0.3, -0.25) is 14.4 Å². The second kappa shape index (κ2) is 7.58.